The highest BCUT2D eigenvalue weighted by Gasteiger charge is 2.26. The number of nitrogens with zero attached hydrogens (tertiary/aromatic N) is 2. The Kier molecular flexibility index (Phi) is 7.86. The fraction of sp³-hybridized carbons (Fsp3) is 0.800. The minimum Gasteiger partial charge on any atom is -0.448 e. The first-order valence-electron chi connectivity index (χ1n) is 5.64. The molecule has 6 nitrogen and oxygen atoms in total. The molecule has 0 radical (unpaired) electrons. The van der Waals surface area contributed by atoms with Crippen LogP contribution in [0.1, 0.15) is 19.8 Å². The van der Waals surface area contributed by atoms with Gasteiger partial charge in [-0.05, 0) is 32.2 Å². The maximum absolute atomic E-state index is 11.5. The predicted octanol–water partition coefficient (Wildman–Crippen LogP) is 1.06. The number of nitrogens with two attached hydrogens (primary N) is 1. The zero-order valence-electron chi connectivity index (χ0n) is 10.1. The van der Waals surface area contributed by atoms with Crippen LogP contribution in [0, 0.1) is 11.3 Å². The number of hydrazine groups is 1. The summed E-state index contributed by atoms with van der Waals surface area (Å²) in [4.78, 5) is 11.5. The van der Waals surface area contributed by atoms with Crippen molar-refractivity contribution in [2.24, 2.45) is 11.7 Å². The Hall–Kier alpha value is -0.850. The number of carbonyl (C=O) groups is 1. The van der Waals surface area contributed by atoms with Gasteiger partial charge in [0.05, 0.1) is 6.61 Å². The molecule has 1 aliphatic rings. The summed E-state index contributed by atoms with van der Waals surface area (Å²) in [7, 11) is 0. The van der Waals surface area contributed by atoms with Gasteiger partial charge in [-0.1, -0.05) is 0 Å². The normalized spacial score (nSPS) is 20.2. The van der Waals surface area contributed by atoms with Crippen LogP contribution in [-0.4, -0.2) is 48.7 Å². The van der Waals surface area contributed by atoms with Gasteiger partial charge in [0.2, 0.25) is 0 Å². The molecule has 0 unspecified atom stereocenters. The summed E-state index contributed by atoms with van der Waals surface area (Å²) in [5, 5.41) is 10.3. The lowest BCUT2D eigenvalue weighted by Gasteiger charge is -2.36. The molecule has 1 fully saturated rings. The van der Waals surface area contributed by atoms with E-state index in [1.807, 2.05) is 5.01 Å². The first-order chi connectivity index (χ1) is 7.72. The number of hydrogen-bond acceptors (Lipinski definition) is 5. The Morgan fingerprint density at radius 1 is 1.71 bits per heavy atom. The monoisotopic (exact) mass is 264 g/mol. The Morgan fingerprint density at radius 3 is 2.94 bits per heavy atom. The molecule has 1 rings (SSSR count). The number of hydrogen-bond donors (Lipinski definition) is 2. The summed E-state index contributed by atoms with van der Waals surface area (Å²) in [6.07, 6.45) is 2.58. The molecule has 7 heteroatoms. The van der Waals surface area contributed by atoms with Crippen LogP contribution in [0.15, 0.2) is 0 Å². The molecule has 100 valence electrons. The van der Waals surface area contributed by atoms with E-state index in [-0.39, 0.29) is 12.4 Å². The van der Waals surface area contributed by atoms with Crippen molar-refractivity contribution >= 4 is 24.8 Å². The molecule has 1 aliphatic heterocycles. The third kappa shape index (κ3) is 4.49. The van der Waals surface area contributed by atoms with Crippen molar-refractivity contribution in [3.63, 3.8) is 0 Å². The van der Waals surface area contributed by atoms with Crippen LogP contribution in [0.5, 0.6) is 0 Å². The van der Waals surface area contributed by atoms with Gasteiger partial charge in [-0.3, -0.25) is 5.41 Å². The number of nitrogens with one attached hydrogen (secondary N) is 1. The standard InChI is InChI=1S/C10H20N4O2.ClH/c1-2-16-10(15)14(8-12)13-5-3-4-9(6-11)7-13;/h8-9,12H,2-7,11H2,1H3;1H/t9-;/m0./s1. The SMILES string of the molecule is CCOC(=O)N(C=N)N1CCC[C@@H](CN)C1.Cl. The number of rotatable bonds is 4. The minimum absolute atomic E-state index is 0. The molecule has 0 saturated carbocycles. The van der Waals surface area contributed by atoms with E-state index in [4.69, 9.17) is 15.9 Å². The largest absolute Gasteiger partial charge is 0.448 e. The van der Waals surface area contributed by atoms with Crippen LogP contribution in [0.4, 0.5) is 4.79 Å². The second-order valence-corrected chi connectivity index (χ2v) is 3.83. The number of piperidine rings is 1. The van der Waals surface area contributed by atoms with Crippen LogP contribution in [0.2, 0.25) is 0 Å². The third-order valence-corrected chi connectivity index (χ3v) is 2.71. The Bertz CT molecular complexity index is 252. The second-order valence-electron chi connectivity index (χ2n) is 3.83. The molecule has 1 atom stereocenters. The first kappa shape index (κ1) is 16.1. The van der Waals surface area contributed by atoms with E-state index in [0.717, 1.165) is 25.7 Å². The van der Waals surface area contributed by atoms with E-state index in [1.165, 1.54) is 5.01 Å². The molecule has 0 bridgehead atoms. The highest BCUT2D eigenvalue weighted by atomic mass is 35.5. The lowest BCUT2D eigenvalue weighted by molar-refractivity contribution is 0.00430. The van der Waals surface area contributed by atoms with Gasteiger partial charge < -0.3 is 10.5 Å². The van der Waals surface area contributed by atoms with Gasteiger partial charge in [0.15, 0.2) is 0 Å². The molecule has 1 heterocycles. The summed E-state index contributed by atoms with van der Waals surface area (Å²) < 4.78 is 4.88. The highest BCUT2D eigenvalue weighted by Crippen LogP contribution is 2.16. The minimum atomic E-state index is -0.491. The van der Waals surface area contributed by atoms with E-state index < -0.39 is 6.09 Å². The van der Waals surface area contributed by atoms with E-state index in [2.05, 4.69) is 0 Å². The lowest BCUT2D eigenvalue weighted by Crippen LogP contribution is -2.51. The Morgan fingerprint density at radius 2 is 2.41 bits per heavy atom. The summed E-state index contributed by atoms with van der Waals surface area (Å²) in [6, 6.07) is 0. The molecule has 0 aliphatic carbocycles. The van der Waals surface area contributed by atoms with Crippen LogP contribution in [-0.2, 0) is 4.74 Å². The van der Waals surface area contributed by atoms with Gasteiger partial charge in [-0.2, -0.15) is 5.01 Å². The van der Waals surface area contributed by atoms with Crippen molar-refractivity contribution in [2.75, 3.05) is 26.2 Å². The maximum Gasteiger partial charge on any atom is 0.430 e. The van der Waals surface area contributed by atoms with Gasteiger partial charge in [-0.25, -0.2) is 9.80 Å². The molecule has 17 heavy (non-hydrogen) atoms. The molecule has 0 spiro atoms. The smallest absolute Gasteiger partial charge is 0.430 e. The number of carbonyl (C=O) groups excluding carboxylic acids is 1. The van der Waals surface area contributed by atoms with E-state index in [0.29, 0.717) is 25.6 Å². The van der Waals surface area contributed by atoms with Gasteiger partial charge in [0.1, 0.15) is 6.34 Å². The molecule has 0 aromatic rings. The number of ether oxygens (including phenoxy) is 1. The maximum atomic E-state index is 11.5. The van der Waals surface area contributed by atoms with Gasteiger partial charge in [0.25, 0.3) is 0 Å². The van der Waals surface area contributed by atoms with Crippen molar-refractivity contribution < 1.29 is 9.53 Å². The van der Waals surface area contributed by atoms with Gasteiger partial charge in [-0.15, -0.1) is 12.4 Å². The van der Waals surface area contributed by atoms with E-state index >= 15 is 0 Å². The summed E-state index contributed by atoms with van der Waals surface area (Å²) in [6.45, 7) is 4.16. The van der Waals surface area contributed by atoms with Crippen LogP contribution < -0.4 is 5.73 Å². The molecule has 1 amide bonds. The Balaban J connectivity index is 0.00000256. The van der Waals surface area contributed by atoms with Crippen molar-refractivity contribution in [3.8, 4) is 0 Å². The van der Waals surface area contributed by atoms with Crippen molar-refractivity contribution in [1.82, 2.24) is 10.0 Å². The van der Waals surface area contributed by atoms with Crippen LogP contribution in [0.3, 0.4) is 0 Å². The average Bonchev–Trinajstić information content (AvgIpc) is 2.31. The summed E-state index contributed by atoms with van der Waals surface area (Å²) in [5.74, 6) is 0.394. The molecular weight excluding hydrogens is 244 g/mol. The van der Waals surface area contributed by atoms with Gasteiger partial charge in [0, 0.05) is 13.1 Å². The Labute approximate surface area is 108 Å². The number of halogens is 1. The topological polar surface area (TPSA) is 82.7 Å². The van der Waals surface area contributed by atoms with Crippen LogP contribution in [0.25, 0.3) is 0 Å². The van der Waals surface area contributed by atoms with Crippen LogP contribution >= 0.6 is 12.4 Å². The zero-order valence-corrected chi connectivity index (χ0v) is 10.9. The van der Waals surface area contributed by atoms with Crippen molar-refractivity contribution in [2.45, 2.75) is 19.8 Å². The molecule has 1 saturated heterocycles. The quantitative estimate of drug-likeness (QED) is 0.588. The third-order valence-electron chi connectivity index (χ3n) is 2.71. The zero-order chi connectivity index (χ0) is 12.0. The first-order valence-corrected chi connectivity index (χ1v) is 5.64. The second kappa shape index (κ2) is 8.27. The highest BCUT2D eigenvalue weighted by molar-refractivity contribution is 5.85. The fourth-order valence-corrected chi connectivity index (χ4v) is 1.87. The van der Waals surface area contributed by atoms with Crippen molar-refractivity contribution in [3.05, 3.63) is 0 Å². The molecular formula is C10H21ClN4O2. The lowest BCUT2D eigenvalue weighted by atomic mass is 9.99. The summed E-state index contributed by atoms with van der Waals surface area (Å²) in [5.41, 5.74) is 5.62. The van der Waals surface area contributed by atoms with Crippen molar-refractivity contribution in [1.29, 1.82) is 5.41 Å². The molecule has 0 aromatic heterocycles. The van der Waals surface area contributed by atoms with E-state index in [9.17, 15) is 4.79 Å². The summed E-state index contributed by atoms with van der Waals surface area (Å²) >= 11 is 0. The molecule has 3 N–H and O–H groups in total. The molecule has 0 aromatic carbocycles. The average molecular weight is 265 g/mol. The number of amides is 1. The van der Waals surface area contributed by atoms with E-state index in [1.54, 1.807) is 6.92 Å². The fourth-order valence-electron chi connectivity index (χ4n) is 1.87. The predicted molar refractivity (Wildman–Crippen MR) is 68.2 cm³/mol. The van der Waals surface area contributed by atoms with Gasteiger partial charge >= 0.3 is 6.09 Å².